The van der Waals surface area contributed by atoms with Gasteiger partial charge in [-0.05, 0) is 18.4 Å². The first kappa shape index (κ1) is 20.2. The minimum absolute atomic E-state index is 0. The van der Waals surface area contributed by atoms with Crippen LogP contribution in [0.25, 0.3) is 0 Å². The van der Waals surface area contributed by atoms with E-state index in [0.29, 0.717) is 19.5 Å². The molecule has 1 aromatic carbocycles. The molecule has 0 unspecified atom stereocenters. The Kier molecular flexibility index (Phi) is 7.29. The number of alkyl halides is 3. The normalized spacial score (nSPS) is 17.9. The summed E-state index contributed by atoms with van der Waals surface area (Å²) < 4.78 is 53.3. The molecule has 1 atom stereocenters. The van der Waals surface area contributed by atoms with Crippen LogP contribution < -0.4 is 5.32 Å². The molecule has 2 nitrogen and oxygen atoms in total. The van der Waals surface area contributed by atoms with Gasteiger partial charge in [-0.1, -0.05) is 26.0 Å². The van der Waals surface area contributed by atoms with Gasteiger partial charge in [0.25, 0.3) is 0 Å². The third-order valence-corrected chi connectivity index (χ3v) is 3.98. The van der Waals surface area contributed by atoms with Crippen LogP contribution >= 0.6 is 12.4 Å². The van der Waals surface area contributed by atoms with Crippen molar-refractivity contribution in [2.24, 2.45) is 5.92 Å². The van der Waals surface area contributed by atoms with E-state index in [2.05, 4.69) is 10.2 Å². The van der Waals surface area contributed by atoms with Crippen molar-refractivity contribution in [3.8, 4) is 0 Å². The Morgan fingerprint density at radius 1 is 1.17 bits per heavy atom. The second kappa shape index (κ2) is 8.31. The Labute approximate surface area is 140 Å². The van der Waals surface area contributed by atoms with Crippen LogP contribution in [0.1, 0.15) is 37.4 Å². The van der Waals surface area contributed by atoms with Crippen LogP contribution in [-0.2, 0) is 6.18 Å². The summed E-state index contributed by atoms with van der Waals surface area (Å²) in [6.07, 6.45) is -4.02. The molecular formula is C16H23ClF4N2. The number of hydrogen-bond donors (Lipinski definition) is 1. The average Bonchev–Trinajstić information content (AvgIpc) is 2.45. The lowest BCUT2D eigenvalue weighted by molar-refractivity contribution is -0.140. The van der Waals surface area contributed by atoms with Crippen molar-refractivity contribution in [3.63, 3.8) is 0 Å². The van der Waals surface area contributed by atoms with E-state index in [-0.39, 0.29) is 29.9 Å². The molecular weight excluding hydrogens is 332 g/mol. The summed E-state index contributed by atoms with van der Waals surface area (Å²) in [6.45, 7) is 6.98. The van der Waals surface area contributed by atoms with Gasteiger partial charge in [-0.3, -0.25) is 4.90 Å². The maximum Gasteiger partial charge on any atom is 0.419 e. The molecule has 1 aliphatic heterocycles. The van der Waals surface area contributed by atoms with Crippen LogP contribution in [0.15, 0.2) is 18.2 Å². The van der Waals surface area contributed by atoms with Crippen molar-refractivity contribution in [2.45, 2.75) is 32.5 Å². The van der Waals surface area contributed by atoms with Crippen LogP contribution in [0.4, 0.5) is 17.6 Å². The summed E-state index contributed by atoms with van der Waals surface area (Å²) >= 11 is 0. The quantitative estimate of drug-likeness (QED) is 0.813. The highest BCUT2D eigenvalue weighted by atomic mass is 35.5. The predicted molar refractivity (Wildman–Crippen MR) is 85.3 cm³/mol. The third kappa shape index (κ3) is 5.06. The van der Waals surface area contributed by atoms with Gasteiger partial charge in [0.15, 0.2) is 0 Å². The van der Waals surface area contributed by atoms with Crippen LogP contribution in [0.3, 0.4) is 0 Å². The highest BCUT2D eigenvalue weighted by Gasteiger charge is 2.36. The fraction of sp³-hybridized carbons (Fsp3) is 0.625. The molecule has 0 saturated carbocycles. The zero-order valence-corrected chi connectivity index (χ0v) is 14.1. The minimum atomic E-state index is -4.66. The van der Waals surface area contributed by atoms with E-state index in [4.69, 9.17) is 0 Å². The molecule has 0 aromatic heterocycles. The Morgan fingerprint density at radius 2 is 1.78 bits per heavy atom. The van der Waals surface area contributed by atoms with Gasteiger partial charge in [-0.25, -0.2) is 4.39 Å². The molecule has 1 aromatic rings. The van der Waals surface area contributed by atoms with E-state index < -0.39 is 17.6 Å². The summed E-state index contributed by atoms with van der Waals surface area (Å²) in [5, 5.41) is 3.21. The molecule has 132 valence electrons. The fourth-order valence-electron chi connectivity index (χ4n) is 2.94. The number of rotatable bonds is 4. The van der Waals surface area contributed by atoms with Crippen molar-refractivity contribution in [3.05, 3.63) is 35.1 Å². The molecule has 1 N–H and O–H groups in total. The zero-order chi connectivity index (χ0) is 16.3. The maximum atomic E-state index is 14.5. The van der Waals surface area contributed by atoms with Crippen LogP contribution in [0.2, 0.25) is 0 Å². The smallest absolute Gasteiger partial charge is 0.314 e. The topological polar surface area (TPSA) is 15.3 Å². The minimum Gasteiger partial charge on any atom is -0.314 e. The Morgan fingerprint density at radius 3 is 2.30 bits per heavy atom. The second-order valence-electron chi connectivity index (χ2n) is 6.14. The van der Waals surface area contributed by atoms with E-state index in [0.717, 1.165) is 19.2 Å². The van der Waals surface area contributed by atoms with Crippen molar-refractivity contribution in [1.29, 1.82) is 0 Å². The Balaban J connectivity index is 0.00000264. The summed E-state index contributed by atoms with van der Waals surface area (Å²) in [5.74, 6) is -0.854. The van der Waals surface area contributed by atoms with Crippen molar-refractivity contribution >= 4 is 12.4 Å². The van der Waals surface area contributed by atoms with Crippen molar-refractivity contribution in [2.75, 3.05) is 26.2 Å². The molecule has 1 heterocycles. The average molecular weight is 355 g/mol. The lowest BCUT2D eigenvalue weighted by atomic mass is 9.93. The highest BCUT2D eigenvalue weighted by Crippen LogP contribution is 2.37. The standard InChI is InChI=1S/C16H22F4N2.ClH/c1-11(2)10-14(22-8-6-21-7-9-22)12-4-3-5-13(15(12)17)16(18,19)20;/h3-5,11,14,21H,6-10H2,1-2H3;1H/t14-;/m0./s1. The van der Waals surface area contributed by atoms with Gasteiger partial charge in [-0.15, -0.1) is 12.4 Å². The van der Waals surface area contributed by atoms with Gasteiger partial charge in [0.1, 0.15) is 5.82 Å². The predicted octanol–water partition coefficient (Wildman–Crippen LogP) is 4.26. The van der Waals surface area contributed by atoms with E-state index in [1.54, 1.807) is 0 Å². The molecule has 1 fully saturated rings. The summed E-state index contributed by atoms with van der Waals surface area (Å²) in [4.78, 5) is 2.08. The third-order valence-electron chi connectivity index (χ3n) is 3.98. The van der Waals surface area contributed by atoms with Gasteiger partial charge in [0.2, 0.25) is 0 Å². The van der Waals surface area contributed by atoms with E-state index >= 15 is 0 Å². The highest BCUT2D eigenvalue weighted by molar-refractivity contribution is 5.85. The fourth-order valence-corrected chi connectivity index (χ4v) is 2.94. The van der Waals surface area contributed by atoms with Crippen LogP contribution in [0, 0.1) is 11.7 Å². The van der Waals surface area contributed by atoms with Gasteiger partial charge < -0.3 is 5.32 Å². The molecule has 1 aliphatic rings. The van der Waals surface area contributed by atoms with Gasteiger partial charge in [0.05, 0.1) is 5.56 Å². The van der Waals surface area contributed by atoms with Crippen LogP contribution in [0.5, 0.6) is 0 Å². The lowest BCUT2D eigenvalue weighted by Crippen LogP contribution is -2.45. The molecule has 7 heteroatoms. The molecule has 23 heavy (non-hydrogen) atoms. The van der Waals surface area contributed by atoms with E-state index in [1.165, 1.54) is 12.1 Å². The van der Waals surface area contributed by atoms with Crippen LogP contribution in [-0.4, -0.2) is 31.1 Å². The summed E-state index contributed by atoms with van der Waals surface area (Å²) in [5.41, 5.74) is -1.01. The van der Waals surface area contributed by atoms with Gasteiger partial charge in [0, 0.05) is 37.8 Å². The van der Waals surface area contributed by atoms with E-state index in [9.17, 15) is 17.6 Å². The SMILES string of the molecule is CC(C)C[C@@H](c1cccc(C(F)(F)F)c1F)N1CCNCC1.Cl. The van der Waals surface area contributed by atoms with Gasteiger partial charge in [-0.2, -0.15) is 13.2 Å². The molecule has 2 rings (SSSR count). The van der Waals surface area contributed by atoms with Crippen molar-refractivity contribution in [1.82, 2.24) is 10.2 Å². The second-order valence-corrected chi connectivity index (χ2v) is 6.14. The molecule has 0 radical (unpaired) electrons. The van der Waals surface area contributed by atoms with Crippen molar-refractivity contribution < 1.29 is 17.6 Å². The Hall–Kier alpha value is -0.850. The first-order valence-corrected chi connectivity index (χ1v) is 7.61. The monoisotopic (exact) mass is 354 g/mol. The number of nitrogens with zero attached hydrogens (tertiary/aromatic N) is 1. The molecule has 0 aliphatic carbocycles. The number of hydrogen-bond acceptors (Lipinski definition) is 2. The van der Waals surface area contributed by atoms with E-state index in [1.807, 2.05) is 13.8 Å². The summed E-state index contributed by atoms with van der Waals surface area (Å²) in [6, 6.07) is 3.28. The molecule has 1 saturated heterocycles. The molecule has 0 bridgehead atoms. The summed E-state index contributed by atoms with van der Waals surface area (Å²) in [7, 11) is 0. The largest absolute Gasteiger partial charge is 0.419 e. The first-order chi connectivity index (χ1) is 10.3. The zero-order valence-electron chi connectivity index (χ0n) is 13.3. The number of halogens is 5. The molecule has 0 spiro atoms. The number of piperazine rings is 1. The number of benzene rings is 1. The lowest BCUT2D eigenvalue weighted by Gasteiger charge is -2.36. The first-order valence-electron chi connectivity index (χ1n) is 7.61. The molecule has 0 amide bonds. The maximum absolute atomic E-state index is 14.5. The Bertz CT molecular complexity index is 499. The van der Waals surface area contributed by atoms with Gasteiger partial charge >= 0.3 is 6.18 Å². The number of nitrogens with one attached hydrogen (secondary N) is 1.